The van der Waals surface area contributed by atoms with Gasteiger partial charge in [0, 0.05) is 33.2 Å². The van der Waals surface area contributed by atoms with E-state index in [2.05, 4.69) is 0 Å². The van der Waals surface area contributed by atoms with Crippen molar-refractivity contribution in [3.63, 3.8) is 0 Å². The van der Waals surface area contributed by atoms with Crippen molar-refractivity contribution in [1.29, 1.82) is 0 Å². The lowest BCUT2D eigenvalue weighted by atomic mass is 10.2. The van der Waals surface area contributed by atoms with E-state index >= 15 is 0 Å². The summed E-state index contributed by atoms with van der Waals surface area (Å²) in [7, 11) is 1.46. The third-order valence-corrected chi connectivity index (χ3v) is 1.94. The van der Waals surface area contributed by atoms with E-state index in [0.717, 1.165) is 0 Å². The zero-order valence-electron chi connectivity index (χ0n) is 9.22. The van der Waals surface area contributed by atoms with Gasteiger partial charge in [0.1, 0.15) is 0 Å². The van der Waals surface area contributed by atoms with Gasteiger partial charge in [-0.25, -0.2) is 0 Å². The number of alkyl halides is 3. The van der Waals surface area contributed by atoms with Gasteiger partial charge in [0.2, 0.25) is 5.91 Å². The molecule has 0 bridgehead atoms. The van der Waals surface area contributed by atoms with E-state index < -0.39 is 24.9 Å². The molecule has 0 radical (unpaired) electrons. The van der Waals surface area contributed by atoms with Gasteiger partial charge in [0.15, 0.2) is 0 Å². The van der Waals surface area contributed by atoms with Crippen molar-refractivity contribution in [2.75, 3.05) is 33.4 Å². The molecule has 0 atom stereocenters. The Balaban J connectivity index is 4.05. The van der Waals surface area contributed by atoms with E-state index in [9.17, 15) is 18.0 Å². The average molecular weight is 242 g/mol. The van der Waals surface area contributed by atoms with Crippen LogP contribution < -0.4 is 5.73 Å². The molecule has 0 unspecified atom stereocenters. The van der Waals surface area contributed by atoms with Gasteiger partial charge >= 0.3 is 6.18 Å². The second-order valence-corrected chi connectivity index (χ2v) is 3.28. The predicted octanol–water partition coefficient (Wildman–Crippen LogP) is 0.763. The number of ether oxygens (including phenoxy) is 1. The molecule has 0 fully saturated rings. The van der Waals surface area contributed by atoms with Gasteiger partial charge in [0.25, 0.3) is 0 Å². The number of nitrogens with zero attached hydrogens (tertiary/aromatic N) is 1. The highest BCUT2D eigenvalue weighted by Gasteiger charge is 2.28. The van der Waals surface area contributed by atoms with Crippen LogP contribution in [0.3, 0.4) is 0 Å². The van der Waals surface area contributed by atoms with Gasteiger partial charge < -0.3 is 15.4 Å². The molecule has 7 heteroatoms. The monoisotopic (exact) mass is 242 g/mol. The maximum Gasteiger partial charge on any atom is 0.389 e. The summed E-state index contributed by atoms with van der Waals surface area (Å²) in [5.74, 6) is -0.542. The van der Waals surface area contributed by atoms with Crippen LogP contribution in [0.2, 0.25) is 0 Å². The van der Waals surface area contributed by atoms with Gasteiger partial charge in [-0.1, -0.05) is 0 Å². The zero-order valence-corrected chi connectivity index (χ0v) is 9.22. The molecule has 0 aromatic rings. The number of carbonyl (C=O) groups excluding carboxylic acids is 1. The second-order valence-electron chi connectivity index (χ2n) is 3.28. The lowest BCUT2D eigenvalue weighted by molar-refractivity contribution is -0.149. The smallest absolute Gasteiger partial charge is 0.383 e. The molecule has 0 heterocycles. The zero-order chi connectivity index (χ0) is 12.6. The summed E-state index contributed by atoms with van der Waals surface area (Å²) in [4.78, 5) is 12.7. The Bertz CT molecular complexity index is 209. The first-order valence-corrected chi connectivity index (χ1v) is 4.94. The molecule has 0 aromatic heterocycles. The van der Waals surface area contributed by atoms with Crippen molar-refractivity contribution < 1.29 is 22.7 Å². The van der Waals surface area contributed by atoms with Crippen LogP contribution in [0.25, 0.3) is 0 Å². The molecule has 0 aliphatic heterocycles. The van der Waals surface area contributed by atoms with Crippen LogP contribution in [0, 0.1) is 0 Å². The number of hydrogen-bond acceptors (Lipinski definition) is 3. The molecule has 0 spiro atoms. The molecule has 0 aliphatic carbocycles. The van der Waals surface area contributed by atoms with Crippen LogP contribution in [0.4, 0.5) is 13.2 Å². The minimum absolute atomic E-state index is 0.224. The number of halogens is 3. The lowest BCUT2D eigenvalue weighted by Crippen LogP contribution is -2.38. The molecule has 0 aliphatic rings. The molecule has 4 nitrogen and oxygen atoms in total. The van der Waals surface area contributed by atoms with Crippen LogP contribution in [-0.2, 0) is 9.53 Å². The van der Waals surface area contributed by atoms with Crippen molar-refractivity contribution in [1.82, 2.24) is 4.90 Å². The van der Waals surface area contributed by atoms with E-state index in [-0.39, 0.29) is 26.2 Å². The summed E-state index contributed by atoms with van der Waals surface area (Å²) in [6.07, 6.45) is -5.93. The van der Waals surface area contributed by atoms with Gasteiger partial charge in [-0.15, -0.1) is 0 Å². The Hall–Kier alpha value is -0.820. The van der Waals surface area contributed by atoms with Crippen molar-refractivity contribution in [2.45, 2.75) is 19.0 Å². The minimum atomic E-state index is -4.30. The van der Waals surface area contributed by atoms with Gasteiger partial charge in [-0.05, 0) is 0 Å². The highest BCUT2D eigenvalue weighted by Crippen LogP contribution is 2.21. The van der Waals surface area contributed by atoms with E-state index in [0.29, 0.717) is 0 Å². The van der Waals surface area contributed by atoms with Crippen molar-refractivity contribution in [2.24, 2.45) is 5.73 Å². The standard InChI is InChI=1S/C9H17F3N2O2/c1-16-7-6-14(5-4-13)8(15)2-3-9(10,11)12/h2-7,13H2,1H3. The van der Waals surface area contributed by atoms with Crippen LogP contribution in [0.1, 0.15) is 12.8 Å². The molecule has 1 amide bonds. The molecule has 0 saturated heterocycles. The summed E-state index contributed by atoms with van der Waals surface area (Å²) >= 11 is 0. The first kappa shape index (κ1) is 15.2. The van der Waals surface area contributed by atoms with Crippen molar-refractivity contribution in [3.8, 4) is 0 Å². The number of carbonyl (C=O) groups is 1. The van der Waals surface area contributed by atoms with E-state index in [1.807, 2.05) is 0 Å². The third kappa shape index (κ3) is 7.47. The van der Waals surface area contributed by atoms with Gasteiger partial charge in [-0.3, -0.25) is 4.79 Å². The van der Waals surface area contributed by atoms with Crippen LogP contribution in [0.5, 0.6) is 0 Å². The van der Waals surface area contributed by atoms with Gasteiger partial charge in [0.05, 0.1) is 13.0 Å². The Kier molecular flexibility index (Phi) is 7.07. The number of methoxy groups -OCH3 is 1. The molecule has 0 aromatic carbocycles. The summed E-state index contributed by atoms with van der Waals surface area (Å²) in [6.45, 7) is 1.03. The second kappa shape index (κ2) is 7.45. The molecule has 0 rings (SSSR count). The fourth-order valence-corrected chi connectivity index (χ4v) is 1.13. The average Bonchev–Trinajstić information content (AvgIpc) is 2.19. The molecule has 2 N–H and O–H groups in total. The summed E-state index contributed by atoms with van der Waals surface area (Å²) in [6, 6.07) is 0. The molecule has 16 heavy (non-hydrogen) atoms. The lowest BCUT2D eigenvalue weighted by Gasteiger charge is -2.21. The Morgan fingerprint density at radius 2 is 2.00 bits per heavy atom. The maximum atomic E-state index is 11.9. The molecule has 0 saturated carbocycles. The van der Waals surface area contributed by atoms with Gasteiger partial charge in [-0.2, -0.15) is 13.2 Å². The fraction of sp³-hybridized carbons (Fsp3) is 0.889. The highest BCUT2D eigenvalue weighted by molar-refractivity contribution is 5.76. The van der Waals surface area contributed by atoms with Crippen LogP contribution in [0.15, 0.2) is 0 Å². The Morgan fingerprint density at radius 3 is 2.44 bits per heavy atom. The fourth-order valence-electron chi connectivity index (χ4n) is 1.13. The quantitative estimate of drug-likeness (QED) is 0.717. The Labute approximate surface area is 92.5 Å². The van der Waals surface area contributed by atoms with E-state index in [4.69, 9.17) is 10.5 Å². The van der Waals surface area contributed by atoms with E-state index in [1.165, 1.54) is 12.0 Å². The largest absolute Gasteiger partial charge is 0.389 e. The SMILES string of the molecule is COCCN(CCN)C(=O)CCC(F)(F)F. The predicted molar refractivity (Wildman–Crippen MR) is 52.8 cm³/mol. The number of amides is 1. The number of nitrogens with two attached hydrogens (primary N) is 1. The first-order chi connectivity index (χ1) is 7.40. The molecular weight excluding hydrogens is 225 g/mol. The van der Waals surface area contributed by atoms with Crippen molar-refractivity contribution in [3.05, 3.63) is 0 Å². The summed E-state index contributed by atoms with van der Waals surface area (Å²) in [5, 5.41) is 0. The summed E-state index contributed by atoms with van der Waals surface area (Å²) in [5.41, 5.74) is 5.26. The first-order valence-electron chi connectivity index (χ1n) is 4.94. The number of hydrogen-bond donors (Lipinski definition) is 1. The normalized spacial score (nSPS) is 11.6. The highest BCUT2D eigenvalue weighted by atomic mass is 19.4. The number of rotatable bonds is 7. The molecular formula is C9H17F3N2O2. The topological polar surface area (TPSA) is 55.6 Å². The van der Waals surface area contributed by atoms with Crippen LogP contribution in [-0.4, -0.2) is 50.3 Å². The Morgan fingerprint density at radius 1 is 1.38 bits per heavy atom. The minimum Gasteiger partial charge on any atom is -0.383 e. The molecule has 96 valence electrons. The van der Waals surface area contributed by atoms with Crippen molar-refractivity contribution >= 4 is 5.91 Å². The maximum absolute atomic E-state index is 11.9. The van der Waals surface area contributed by atoms with E-state index in [1.54, 1.807) is 0 Å². The van der Waals surface area contributed by atoms with Crippen LogP contribution >= 0.6 is 0 Å². The third-order valence-electron chi connectivity index (χ3n) is 1.94. The summed E-state index contributed by atoms with van der Waals surface area (Å²) < 4.78 is 40.4.